The van der Waals surface area contributed by atoms with Crippen molar-refractivity contribution in [2.24, 2.45) is 0 Å². The normalized spacial score (nSPS) is 12.9. The maximum absolute atomic E-state index is 8.75. The molecule has 0 aromatic rings. The van der Waals surface area contributed by atoms with Crippen LogP contribution in [0.5, 0.6) is 0 Å². The summed E-state index contributed by atoms with van der Waals surface area (Å²) >= 11 is 1.84. The largest absolute Gasteiger partial charge is 0.300 e. The molecule has 0 aromatic carbocycles. The first-order valence-corrected chi connectivity index (χ1v) is 5.74. The summed E-state index contributed by atoms with van der Waals surface area (Å²) < 4.78 is 0. The van der Waals surface area contributed by atoms with Crippen LogP contribution in [-0.2, 0) is 0 Å². The van der Waals surface area contributed by atoms with E-state index in [1.165, 1.54) is 0 Å². The van der Waals surface area contributed by atoms with E-state index in [4.69, 9.17) is 5.26 Å². The average molecular weight is 186 g/mol. The summed E-state index contributed by atoms with van der Waals surface area (Å²) in [7, 11) is 0. The number of hydrogen-bond acceptors (Lipinski definition) is 3. The lowest BCUT2D eigenvalue weighted by Crippen LogP contribution is -2.33. The Kier molecular flexibility index (Phi) is 7.33. The Hall–Kier alpha value is -0.200. The summed E-state index contributed by atoms with van der Waals surface area (Å²) in [4.78, 5) is 0. The molecule has 3 heteroatoms. The summed E-state index contributed by atoms with van der Waals surface area (Å²) in [5.41, 5.74) is 0. The van der Waals surface area contributed by atoms with E-state index in [1.54, 1.807) is 0 Å². The van der Waals surface area contributed by atoms with Crippen LogP contribution < -0.4 is 5.32 Å². The average Bonchev–Trinajstić information content (AvgIpc) is 2.02. The molecule has 0 heterocycles. The highest BCUT2D eigenvalue weighted by molar-refractivity contribution is 7.98. The van der Waals surface area contributed by atoms with Gasteiger partial charge < -0.3 is 0 Å². The van der Waals surface area contributed by atoms with Gasteiger partial charge in [-0.1, -0.05) is 0 Å². The molecule has 12 heavy (non-hydrogen) atoms. The van der Waals surface area contributed by atoms with Gasteiger partial charge in [-0.2, -0.15) is 17.0 Å². The Bertz CT molecular complexity index is 140. The molecule has 0 bridgehead atoms. The van der Waals surface area contributed by atoms with Gasteiger partial charge in [0.15, 0.2) is 0 Å². The van der Waals surface area contributed by atoms with Crippen LogP contribution in [0.3, 0.4) is 0 Å². The molecule has 70 valence electrons. The van der Waals surface area contributed by atoms with Crippen molar-refractivity contribution >= 4 is 11.8 Å². The second-order valence-electron chi connectivity index (χ2n) is 3.14. The predicted octanol–water partition coefficient (Wildman–Crippen LogP) is 2.02. The number of nitrogens with zero attached hydrogens (tertiary/aromatic N) is 1. The molecule has 0 aliphatic carbocycles. The van der Waals surface area contributed by atoms with Crippen LogP contribution in [0.15, 0.2) is 0 Å². The third-order valence-corrected chi connectivity index (χ3v) is 2.23. The van der Waals surface area contributed by atoms with E-state index in [9.17, 15) is 0 Å². The molecule has 0 fully saturated rings. The lowest BCUT2D eigenvalue weighted by atomic mass is 10.2. The standard InChI is InChI=1S/C9H18N2S/c1-8(2)11-9(7-10)5-4-6-12-3/h8-9,11H,4-6H2,1-3H3. The van der Waals surface area contributed by atoms with Gasteiger partial charge in [-0.15, -0.1) is 0 Å². The van der Waals surface area contributed by atoms with E-state index in [1.807, 2.05) is 11.8 Å². The molecular weight excluding hydrogens is 168 g/mol. The highest BCUT2D eigenvalue weighted by Crippen LogP contribution is 2.03. The van der Waals surface area contributed by atoms with Crippen molar-refractivity contribution in [1.82, 2.24) is 5.32 Å². The van der Waals surface area contributed by atoms with Crippen LogP contribution in [0.25, 0.3) is 0 Å². The third-order valence-electron chi connectivity index (χ3n) is 1.53. The fourth-order valence-corrected chi connectivity index (χ4v) is 1.47. The summed E-state index contributed by atoms with van der Waals surface area (Å²) in [5.74, 6) is 1.15. The predicted molar refractivity (Wildman–Crippen MR) is 55.3 cm³/mol. The summed E-state index contributed by atoms with van der Waals surface area (Å²) in [6.07, 6.45) is 4.19. The second-order valence-corrected chi connectivity index (χ2v) is 4.12. The van der Waals surface area contributed by atoms with E-state index < -0.39 is 0 Å². The van der Waals surface area contributed by atoms with Crippen LogP contribution in [0, 0.1) is 11.3 Å². The van der Waals surface area contributed by atoms with Crippen molar-refractivity contribution in [3.8, 4) is 6.07 Å². The smallest absolute Gasteiger partial charge is 0.0955 e. The van der Waals surface area contributed by atoms with Crippen LogP contribution in [-0.4, -0.2) is 24.1 Å². The zero-order chi connectivity index (χ0) is 9.40. The van der Waals surface area contributed by atoms with Crippen LogP contribution in [0.1, 0.15) is 26.7 Å². The minimum Gasteiger partial charge on any atom is -0.300 e. The Balaban J connectivity index is 3.48. The van der Waals surface area contributed by atoms with E-state index >= 15 is 0 Å². The molecule has 0 amide bonds. The topological polar surface area (TPSA) is 35.8 Å². The van der Waals surface area contributed by atoms with Gasteiger partial charge in [0.1, 0.15) is 0 Å². The molecule has 2 nitrogen and oxygen atoms in total. The Labute approximate surface area is 79.7 Å². The molecule has 0 aliphatic rings. The Morgan fingerprint density at radius 1 is 1.50 bits per heavy atom. The molecule has 1 unspecified atom stereocenters. The van der Waals surface area contributed by atoms with Gasteiger partial charge in [0.25, 0.3) is 0 Å². The quantitative estimate of drug-likeness (QED) is 0.645. The molecule has 0 radical (unpaired) electrons. The van der Waals surface area contributed by atoms with Gasteiger partial charge in [-0.25, -0.2) is 0 Å². The van der Waals surface area contributed by atoms with Crippen molar-refractivity contribution in [2.75, 3.05) is 12.0 Å². The Morgan fingerprint density at radius 2 is 2.17 bits per heavy atom. The first kappa shape index (κ1) is 11.8. The van der Waals surface area contributed by atoms with Gasteiger partial charge >= 0.3 is 0 Å². The molecule has 0 rings (SSSR count). The van der Waals surface area contributed by atoms with Gasteiger partial charge in [-0.3, -0.25) is 5.32 Å². The number of nitriles is 1. The highest BCUT2D eigenvalue weighted by Gasteiger charge is 2.06. The van der Waals surface area contributed by atoms with Crippen LogP contribution >= 0.6 is 11.8 Å². The lowest BCUT2D eigenvalue weighted by Gasteiger charge is -2.13. The first-order chi connectivity index (χ1) is 5.70. The maximum Gasteiger partial charge on any atom is 0.0955 e. The van der Waals surface area contributed by atoms with Gasteiger partial charge in [0, 0.05) is 6.04 Å². The van der Waals surface area contributed by atoms with Crippen molar-refractivity contribution in [3.63, 3.8) is 0 Å². The number of thioether (sulfide) groups is 1. The molecule has 0 spiro atoms. The fourth-order valence-electron chi connectivity index (χ4n) is 1.02. The van der Waals surface area contributed by atoms with Gasteiger partial charge in [0.2, 0.25) is 0 Å². The third kappa shape index (κ3) is 6.51. The summed E-state index contributed by atoms with van der Waals surface area (Å²) in [5, 5.41) is 12.0. The highest BCUT2D eigenvalue weighted by atomic mass is 32.2. The van der Waals surface area contributed by atoms with E-state index in [0.29, 0.717) is 6.04 Å². The fraction of sp³-hybridized carbons (Fsp3) is 0.889. The molecule has 0 aromatic heterocycles. The van der Waals surface area contributed by atoms with Crippen LogP contribution in [0.2, 0.25) is 0 Å². The van der Waals surface area contributed by atoms with Crippen LogP contribution in [0.4, 0.5) is 0 Å². The van der Waals surface area contributed by atoms with Crippen molar-refractivity contribution in [3.05, 3.63) is 0 Å². The van der Waals surface area contributed by atoms with Crippen molar-refractivity contribution in [2.45, 2.75) is 38.8 Å². The van der Waals surface area contributed by atoms with Gasteiger partial charge in [0.05, 0.1) is 12.1 Å². The maximum atomic E-state index is 8.75. The Morgan fingerprint density at radius 3 is 2.58 bits per heavy atom. The van der Waals surface area contributed by atoms with Crippen molar-refractivity contribution in [1.29, 1.82) is 5.26 Å². The molecule has 1 atom stereocenters. The summed E-state index contributed by atoms with van der Waals surface area (Å²) in [6.45, 7) is 4.14. The first-order valence-electron chi connectivity index (χ1n) is 4.35. The minimum atomic E-state index is 0.0390. The van der Waals surface area contributed by atoms with E-state index in [0.717, 1.165) is 18.6 Å². The zero-order valence-corrected chi connectivity index (χ0v) is 8.95. The zero-order valence-electron chi connectivity index (χ0n) is 8.13. The second kappa shape index (κ2) is 7.45. The summed E-state index contributed by atoms with van der Waals surface area (Å²) in [6, 6.07) is 2.72. The number of rotatable bonds is 6. The van der Waals surface area contributed by atoms with E-state index in [2.05, 4.69) is 31.5 Å². The molecule has 0 saturated heterocycles. The molecule has 0 aliphatic heterocycles. The number of hydrogen-bond donors (Lipinski definition) is 1. The molecule has 1 N–H and O–H groups in total. The molecule has 0 saturated carbocycles. The van der Waals surface area contributed by atoms with Crippen molar-refractivity contribution < 1.29 is 0 Å². The minimum absolute atomic E-state index is 0.0390. The monoisotopic (exact) mass is 186 g/mol. The van der Waals surface area contributed by atoms with E-state index in [-0.39, 0.29) is 6.04 Å². The lowest BCUT2D eigenvalue weighted by molar-refractivity contribution is 0.503. The van der Waals surface area contributed by atoms with Gasteiger partial charge in [-0.05, 0) is 38.7 Å². The number of nitrogens with one attached hydrogen (secondary N) is 1. The molecular formula is C9H18N2S. The SMILES string of the molecule is CSCCCC(C#N)NC(C)C.